The molecule has 4 nitrogen and oxygen atoms in total. The topological polar surface area (TPSA) is 77.2 Å². The van der Waals surface area contributed by atoms with Gasteiger partial charge in [0.15, 0.2) is 5.78 Å². The number of nitrogens with two attached hydrogens (primary N) is 1. The second-order valence-corrected chi connectivity index (χ2v) is 4.60. The van der Waals surface area contributed by atoms with Gasteiger partial charge in [-0.15, -0.1) is 0 Å². The number of hydrogen-bond donors (Lipinski definition) is 1. The molecule has 0 aromatic heterocycles. The Morgan fingerprint density at radius 2 is 1.87 bits per heavy atom. The van der Waals surface area contributed by atoms with Crippen molar-refractivity contribution in [2.45, 2.75) is 11.3 Å². The molecule has 0 fully saturated rings. The van der Waals surface area contributed by atoms with Gasteiger partial charge in [0.05, 0.1) is 4.90 Å². The summed E-state index contributed by atoms with van der Waals surface area (Å²) in [6, 6.07) is 5.87. The molecule has 0 aliphatic rings. The van der Waals surface area contributed by atoms with Crippen molar-refractivity contribution in [1.29, 1.82) is 0 Å². The van der Waals surface area contributed by atoms with Crippen LogP contribution in [-0.2, 0) is 21.2 Å². The third kappa shape index (κ3) is 3.30. The number of primary sulfonamides is 1. The molecule has 1 aromatic carbocycles. The molecule has 0 saturated heterocycles. The number of hydrogen-bond acceptors (Lipinski definition) is 3. The van der Waals surface area contributed by atoms with E-state index in [0.29, 0.717) is 0 Å². The number of ketones is 1. The lowest BCUT2D eigenvalue weighted by Crippen LogP contribution is -2.12. The smallest absolute Gasteiger partial charge is 0.238 e. The Kier molecular flexibility index (Phi) is 3.39. The van der Waals surface area contributed by atoms with E-state index in [-0.39, 0.29) is 17.1 Å². The van der Waals surface area contributed by atoms with E-state index in [1.54, 1.807) is 12.1 Å². The summed E-state index contributed by atoms with van der Waals surface area (Å²) in [5.74, 6) is -0.113. The van der Waals surface area contributed by atoms with Crippen LogP contribution in [0.4, 0.5) is 0 Å². The summed E-state index contributed by atoms with van der Waals surface area (Å²) in [5, 5.41) is 4.92. The molecule has 80 valence electrons. The third-order valence-electron chi connectivity index (χ3n) is 1.86. The van der Waals surface area contributed by atoms with Crippen LogP contribution in [0, 0.1) is 0 Å². The van der Waals surface area contributed by atoms with E-state index in [1.165, 1.54) is 18.2 Å². The first kappa shape index (κ1) is 11.6. The molecular weight excluding hydrogens is 214 g/mol. The molecule has 5 heteroatoms. The Balaban J connectivity index is 2.91. The highest BCUT2D eigenvalue weighted by Gasteiger charge is 2.07. The van der Waals surface area contributed by atoms with Crippen LogP contribution in [-0.4, -0.2) is 14.2 Å². The van der Waals surface area contributed by atoms with Gasteiger partial charge in [-0.05, 0) is 23.8 Å². The van der Waals surface area contributed by atoms with Crippen molar-refractivity contribution in [3.8, 4) is 0 Å². The van der Waals surface area contributed by atoms with Crippen molar-refractivity contribution in [2.24, 2.45) is 5.14 Å². The van der Waals surface area contributed by atoms with Gasteiger partial charge in [0.2, 0.25) is 10.0 Å². The summed E-state index contributed by atoms with van der Waals surface area (Å²) in [5.41, 5.74) is 0.729. The molecule has 0 aliphatic carbocycles. The maximum atomic E-state index is 11.0. The van der Waals surface area contributed by atoms with E-state index < -0.39 is 10.0 Å². The zero-order valence-electron chi connectivity index (χ0n) is 8.01. The van der Waals surface area contributed by atoms with Gasteiger partial charge >= 0.3 is 0 Å². The molecule has 1 rings (SSSR count). The number of benzene rings is 1. The molecule has 1 aromatic rings. The number of carbonyl (C=O) groups is 1. The van der Waals surface area contributed by atoms with Gasteiger partial charge in [0.1, 0.15) is 0 Å². The average Bonchev–Trinajstić information content (AvgIpc) is 2.17. The first-order valence-corrected chi connectivity index (χ1v) is 5.75. The fraction of sp³-hybridized carbons (Fsp3) is 0.100. The summed E-state index contributed by atoms with van der Waals surface area (Å²) >= 11 is 0. The second kappa shape index (κ2) is 4.37. The quantitative estimate of drug-likeness (QED) is 0.763. The maximum Gasteiger partial charge on any atom is 0.238 e. The van der Waals surface area contributed by atoms with E-state index in [1.807, 2.05) is 0 Å². The number of allylic oxidation sites excluding steroid dienone is 1. The molecule has 2 N–H and O–H groups in total. The average molecular weight is 225 g/mol. The Labute approximate surface area is 88.5 Å². The predicted molar refractivity (Wildman–Crippen MR) is 56.7 cm³/mol. The zero-order chi connectivity index (χ0) is 11.5. The van der Waals surface area contributed by atoms with Gasteiger partial charge < -0.3 is 0 Å². The number of rotatable bonds is 4. The summed E-state index contributed by atoms with van der Waals surface area (Å²) in [6.07, 6.45) is 1.45. The molecule has 0 bridgehead atoms. The first-order valence-electron chi connectivity index (χ1n) is 4.20. The van der Waals surface area contributed by atoms with Gasteiger partial charge in [0.25, 0.3) is 0 Å². The fourth-order valence-electron chi connectivity index (χ4n) is 1.07. The lowest BCUT2D eigenvalue weighted by atomic mass is 10.1. The van der Waals surface area contributed by atoms with Crippen molar-refractivity contribution in [3.05, 3.63) is 42.5 Å². The lowest BCUT2D eigenvalue weighted by molar-refractivity contribution is -0.114. The molecule has 15 heavy (non-hydrogen) atoms. The van der Waals surface area contributed by atoms with Gasteiger partial charge in [-0.25, -0.2) is 13.6 Å². The van der Waals surface area contributed by atoms with Gasteiger partial charge in [0, 0.05) is 6.42 Å². The molecule has 0 spiro atoms. The molecule has 0 heterocycles. The highest BCUT2D eigenvalue weighted by Crippen LogP contribution is 2.09. The second-order valence-electron chi connectivity index (χ2n) is 3.04. The van der Waals surface area contributed by atoms with Crippen molar-refractivity contribution in [2.75, 3.05) is 0 Å². The highest BCUT2D eigenvalue weighted by molar-refractivity contribution is 7.89. The summed E-state index contributed by atoms with van der Waals surface area (Å²) < 4.78 is 21.8. The zero-order valence-corrected chi connectivity index (χ0v) is 8.83. The molecule has 0 aliphatic heterocycles. The molecule has 0 amide bonds. The monoisotopic (exact) mass is 225 g/mol. The van der Waals surface area contributed by atoms with Crippen LogP contribution in [0.15, 0.2) is 41.8 Å². The molecular formula is C10H11NO3S. The van der Waals surface area contributed by atoms with Crippen LogP contribution < -0.4 is 5.14 Å². The maximum absolute atomic E-state index is 11.0. The van der Waals surface area contributed by atoms with Crippen LogP contribution >= 0.6 is 0 Å². The van der Waals surface area contributed by atoms with Gasteiger partial charge in [-0.2, -0.15) is 0 Å². The van der Waals surface area contributed by atoms with Crippen molar-refractivity contribution in [3.63, 3.8) is 0 Å². The minimum atomic E-state index is -3.66. The van der Waals surface area contributed by atoms with Crippen LogP contribution in [0.2, 0.25) is 0 Å². The van der Waals surface area contributed by atoms with Crippen LogP contribution in [0.25, 0.3) is 0 Å². The van der Waals surface area contributed by atoms with Crippen LogP contribution in [0.5, 0.6) is 0 Å². The van der Waals surface area contributed by atoms with Crippen molar-refractivity contribution in [1.82, 2.24) is 0 Å². The molecule has 0 radical (unpaired) electrons. The first-order chi connectivity index (χ1) is 6.93. The number of carbonyl (C=O) groups excluding carboxylic acids is 1. The van der Waals surface area contributed by atoms with Crippen LogP contribution in [0.1, 0.15) is 5.56 Å². The van der Waals surface area contributed by atoms with Crippen molar-refractivity contribution < 1.29 is 13.2 Å². The van der Waals surface area contributed by atoms with Gasteiger partial charge in [-0.3, -0.25) is 4.79 Å². The largest absolute Gasteiger partial charge is 0.295 e. The van der Waals surface area contributed by atoms with Crippen molar-refractivity contribution >= 4 is 15.8 Å². The molecule has 0 saturated carbocycles. The Bertz CT molecular complexity index is 474. The minimum Gasteiger partial charge on any atom is -0.295 e. The SMILES string of the molecule is C=CC(=O)Cc1ccc(S(N)(=O)=O)cc1. The van der Waals surface area contributed by atoms with E-state index >= 15 is 0 Å². The molecule has 0 unspecified atom stereocenters. The minimum absolute atomic E-state index is 0.0392. The fourth-order valence-corrected chi connectivity index (χ4v) is 1.59. The highest BCUT2D eigenvalue weighted by atomic mass is 32.2. The lowest BCUT2D eigenvalue weighted by Gasteiger charge is -2.00. The predicted octanol–water partition coefficient (Wildman–Crippen LogP) is 0.632. The van der Waals surface area contributed by atoms with Crippen LogP contribution in [0.3, 0.4) is 0 Å². The third-order valence-corrected chi connectivity index (χ3v) is 2.79. The number of sulfonamides is 1. The van der Waals surface area contributed by atoms with E-state index in [9.17, 15) is 13.2 Å². The molecule has 0 atom stereocenters. The van der Waals surface area contributed by atoms with Gasteiger partial charge in [-0.1, -0.05) is 18.7 Å². The Morgan fingerprint density at radius 1 is 1.33 bits per heavy atom. The summed E-state index contributed by atoms with van der Waals surface area (Å²) in [4.78, 5) is 11.0. The summed E-state index contributed by atoms with van der Waals surface area (Å²) in [6.45, 7) is 3.35. The van der Waals surface area contributed by atoms with E-state index in [2.05, 4.69) is 6.58 Å². The normalized spacial score (nSPS) is 11.0. The summed E-state index contributed by atoms with van der Waals surface area (Å²) in [7, 11) is -3.66. The Hall–Kier alpha value is -1.46. The van der Waals surface area contributed by atoms with E-state index in [0.717, 1.165) is 5.56 Å². The Morgan fingerprint density at radius 3 is 2.27 bits per heavy atom. The standard InChI is InChI=1S/C10H11NO3S/c1-2-9(12)7-8-3-5-10(6-4-8)15(11,13)14/h2-6H,1,7H2,(H2,11,13,14). The van der Waals surface area contributed by atoms with E-state index in [4.69, 9.17) is 5.14 Å².